The van der Waals surface area contributed by atoms with Gasteiger partial charge >= 0.3 is 11.9 Å². The number of nitriles is 2. The fraction of sp³-hybridized carbons (Fsp3) is 0.259. The standard InChI is InChI=1S/C27H26N2O6/c1-3-32-26(30)22(18-28)16-20-10-5-7-12-24(20)34-14-9-15-35-25-13-8-6-11-21(25)17-23(19-29)27(31)33-4-2/h5-8,10-13,16-17H,3-4,9,14-15H2,1-2H3/b22-16-,23-17-. The Morgan fingerprint density at radius 3 is 1.51 bits per heavy atom. The quantitative estimate of drug-likeness (QED) is 0.191. The highest BCUT2D eigenvalue weighted by atomic mass is 16.5. The van der Waals surface area contributed by atoms with E-state index in [2.05, 4.69) is 0 Å². The molecule has 0 amide bonds. The number of rotatable bonds is 12. The highest BCUT2D eigenvalue weighted by molar-refractivity contribution is 5.98. The van der Waals surface area contributed by atoms with Gasteiger partial charge in [-0.25, -0.2) is 9.59 Å². The number of nitrogens with zero attached hydrogens (tertiary/aromatic N) is 2. The molecule has 8 heteroatoms. The van der Waals surface area contributed by atoms with Gasteiger partial charge in [0.1, 0.15) is 34.8 Å². The molecule has 35 heavy (non-hydrogen) atoms. The Morgan fingerprint density at radius 1 is 0.743 bits per heavy atom. The van der Waals surface area contributed by atoms with Gasteiger partial charge in [0.25, 0.3) is 0 Å². The molecule has 0 aliphatic carbocycles. The SMILES string of the molecule is CCOC(=O)/C(C#N)=C\c1ccccc1OCCCOc1ccccc1/C=C(/C#N)C(=O)OCC. The molecular formula is C27H26N2O6. The van der Waals surface area contributed by atoms with Crippen LogP contribution < -0.4 is 9.47 Å². The molecule has 2 aromatic carbocycles. The van der Waals surface area contributed by atoms with Gasteiger partial charge in [-0.1, -0.05) is 36.4 Å². The minimum absolute atomic E-state index is 0.115. The summed E-state index contributed by atoms with van der Waals surface area (Å²) in [4.78, 5) is 23.8. The molecule has 0 atom stereocenters. The highest BCUT2D eigenvalue weighted by Gasteiger charge is 2.13. The molecule has 0 radical (unpaired) electrons. The zero-order valence-electron chi connectivity index (χ0n) is 19.7. The maximum absolute atomic E-state index is 11.9. The van der Waals surface area contributed by atoms with Gasteiger partial charge < -0.3 is 18.9 Å². The molecule has 0 heterocycles. The lowest BCUT2D eigenvalue weighted by atomic mass is 10.1. The number of carbonyl (C=O) groups excluding carboxylic acids is 2. The zero-order valence-corrected chi connectivity index (χ0v) is 19.7. The molecule has 0 unspecified atom stereocenters. The van der Waals surface area contributed by atoms with Crippen molar-refractivity contribution >= 4 is 24.1 Å². The fourth-order valence-corrected chi connectivity index (χ4v) is 2.89. The molecular weight excluding hydrogens is 448 g/mol. The predicted octanol–water partition coefficient (Wildman–Crippen LogP) is 4.47. The van der Waals surface area contributed by atoms with Crippen LogP contribution in [0.15, 0.2) is 59.7 Å². The smallest absolute Gasteiger partial charge is 0.348 e. The summed E-state index contributed by atoms with van der Waals surface area (Å²) in [5.74, 6) is -0.344. The van der Waals surface area contributed by atoms with E-state index >= 15 is 0 Å². The van der Waals surface area contributed by atoms with Crippen molar-refractivity contribution in [3.63, 3.8) is 0 Å². The Balaban J connectivity index is 2.00. The van der Waals surface area contributed by atoms with Crippen LogP contribution in [0.5, 0.6) is 11.5 Å². The summed E-state index contributed by atoms with van der Waals surface area (Å²) in [5, 5.41) is 18.5. The van der Waals surface area contributed by atoms with E-state index in [-0.39, 0.29) is 24.4 Å². The molecule has 0 fully saturated rings. The maximum Gasteiger partial charge on any atom is 0.348 e. The van der Waals surface area contributed by atoms with Crippen molar-refractivity contribution in [1.82, 2.24) is 0 Å². The summed E-state index contributed by atoms with van der Waals surface area (Å²) in [5.41, 5.74) is 0.930. The first-order valence-electron chi connectivity index (χ1n) is 11.1. The summed E-state index contributed by atoms with van der Waals surface area (Å²) < 4.78 is 21.4. The Bertz CT molecular complexity index is 1080. The lowest BCUT2D eigenvalue weighted by molar-refractivity contribution is -0.138. The zero-order chi connectivity index (χ0) is 25.5. The van der Waals surface area contributed by atoms with Crippen molar-refractivity contribution in [2.45, 2.75) is 20.3 Å². The van der Waals surface area contributed by atoms with Crippen molar-refractivity contribution in [2.24, 2.45) is 0 Å². The van der Waals surface area contributed by atoms with Crippen LogP contribution in [0.2, 0.25) is 0 Å². The van der Waals surface area contributed by atoms with Crippen molar-refractivity contribution in [3.8, 4) is 23.6 Å². The second kappa shape index (κ2) is 14.6. The summed E-state index contributed by atoms with van der Waals surface area (Å²) in [6, 6.07) is 17.8. The molecule has 0 saturated carbocycles. The van der Waals surface area contributed by atoms with Gasteiger partial charge in [-0.05, 0) is 38.1 Å². The minimum Gasteiger partial charge on any atom is -0.493 e. The summed E-state index contributed by atoms with van der Waals surface area (Å²) >= 11 is 0. The number of carbonyl (C=O) groups is 2. The maximum atomic E-state index is 11.9. The topological polar surface area (TPSA) is 119 Å². The fourth-order valence-electron chi connectivity index (χ4n) is 2.89. The van der Waals surface area contributed by atoms with Crippen LogP contribution in [0.25, 0.3) is 12.2 Å². The molecule has 0 N–H and O–H groups in total. The van der Waals surface area contributed by atoms with Gasteiger partial charge in [0, 0.05) is 17.5 Å². The normalized spacial score (nSPS) is 11.1. The number of para-hydroxylation sites is 2. The molecule has 0 bridgehead atoms. The van der Waals surface area contributed by atoms with Gasteiger partial charge in [-0.2, -0.15) is 10.5 Å². The Kier molecular flexibility index (Phi) is 11.1. The van der Waals surface area contributed by atoms with E-state index in [0.29, 0.717) is 42.3 Å². The van der Waals surface area contributed by atoms with E-state index in [9.17, 15) is 20.1 Å². The summed E-state index contributed by atoms with van der Waals surface area (Å²) in [6.07, 6.45) is 3.40. The van der Waals surface area contributed by atoms with Crippen molar-refractivity contribution in [2.75, 3.05) is 26.4 Å². The third-order valence-corrected chi connectivity index (χ3v) is 4.47. The van der Waals surface area contributed by atoms with E-state index in [1.165, 1.54) is 12.2 Å². The lowest BCUT2D eigenvalue weighted by Gasteiger charge is -2.12. The predicted molar refractivity (Wildman–Crippen MR) is 129 cm³/mol. The molecule has 8 nitrogen and oxygen atoms in total. The van der Waals surface area contributed by atoms with Crippen molar-refractivity contribution < 1.29 is 28.5 Å². The van der Waals surface area contributed by atoms with Crippen LogP contribution in [0, 0.1) is 22.7 Å². The average molecular weight is 475 g/mol. The van der Waals surface area contributed by atoms with Gasteiger partial charge in [0.2, 0.25) is 0 Å². The molecule has 0 spiro atoms. The molecule has 0 aliphatic rings. The first kappa shape index (κ1) is 26.7. The molecule has 0 saturated heterocycles. The van der Waals surface area contributed by atoms with Crippen LogP contribution in [0.3, 0.4) is 0 Å². The highest BCUT2D eigenvalue weighted by Crippen LogP contribution is 2.23. The van der Waals surface area contributed by atoms with Gasteiger partial charge in [-0.15, -0.1) is 0 Å². The van der Waals surface area contributed by atoms with E-state index in [1.807, 2.05) is 12.1 Å². The Morgan fingerprint density at radius 2 is 1.14 bits per heavy atom. The summed E-state index contributed by atoms with van der Waals surface area (Å²) in [7, 11) is 0. The molecule has 2 aromatic rings. The largest absolute Gasteiger partial charge is 0.493 e. The third kappa shape index (κ3) is 8.38. The first-order chi connectivity index (χ1) is 17.0. The van der Waals surface area contributed by atoms with E-state index in [0.717, 1.165) is 0 Å². The summed E-state index contributed by atoms with van der Waals surface area (Å²) in [6.45, 7) is 4.32. The van der Waals surface area contributed by atoms with E-state index in [1.54, 1.807) is 62.4 Å². The lowest BCUT2D eigenvalue weighted by Crippen LogP contribution is -2.08. The molecule has 2 rings (SSSR count). The van der Waals surface area contributed by atoms with Gasteiger partial charge in [0.05, 0.1) is 26.4 Å². The monoisotopic (exact) mass is 474 g/mol. The third-order valence-electron chi connectivity index (χ3n) is 4.47. The number of hydrogen-bond donors (Lipinski definition) is 0. The molecule has 0 aromatic heterocycles. The van der Waals surface area contributed by atoms with Crippen molar-refractivity contribution in [1.29, 1.82) is 10.5 Å². The second-order valence-electron chi connectivity index (χ2n) is 6.91. The number of benzene rings is 2. The average Bonchev–Trinajstić information content (AvgIpc) is 2.87. The van der Waals surface area contributed by atoms with Crippen LogP contribution in [-0.4, -0.2) is 38.4 Å². The van der Waals surface area contributed by atoms with Crippen LogP contribution in [0.1, 0.15) is 31.4 Å². The number of esters is 2. The molecule has 180 valence electrons. The first-order valence-corrected chi connectivity index (χ1v) is 11.1. The van der Waals surface area contributed by atoms with Crippen LogP contribution >= 0.6 is 0 Å². The van der Waals surface area contributed by atoms with Crippen LogP contribution in [-0.2, 0) is 19.1 Å². The van der Waals surface area contributed by atoms with E-state index < -0.39 is 11.9 Å². The minimum atomic E-state index is -0.687. The van der Waals surface area contributed by atoms with Gasteiger partial charge in [0.15, 0.2) is 0 Å². The van der Waals surface area contributed by atoms with Crippen molar-refractivity contribution in [3.05, 3.63) is 70.8 Å². The van der Waals surface area contributed by atoms with Gasteiger partial charge in [-0.3, -0.25) is 0 Å². The number of ether oxygens (including phenoxy) is 4. The van der Waals surface area contributed by atoms with E-state index in [4.69, 9.17) is 18.9 Å². The Labute approximate surface area is 204 Å². The second-order valence-corrected chi connectivity index (χ2v) is 6.91. The Hall–Kier alpha value is -4.56. The number of hydrogen-bond acceptors (Lipinski definition) is 8. The van der Waals surface area contributed by atoms with Crippen LogP contribution in [0.4, 0.5) is 0 Å². The molecule has 0 aliphatic heterocycles.